The summed E-state index contributed by atoms with van der Waals surface area (Å²) >= 11 is 1.43. The van der Waals surface area contributed by atoms with Crippen LogP contribution >= 0.6 is 11.3 Å². The van der Waals surface area contributed by atoms with Crippen LogP contribution in [0.2, 0.25) is 0 Å². The van der Waals surface area contributed by atoms with Crippen molar-refractivity contribution in [1.82, 2.24) is 5.32 Å². The number of carbonyl (C=O) groups excluding carboxylic acids is 1. The number of hydrogen-bond acceptors (Lipinski definition) is 3. The SMILES string of the molecule is CC(O)(CNC(=O)C=Cc1cccc(F)c1)c1cccs1. The van der Waals surface area contributed by atoms with Crippen molar-refractivity contribution in [3.63, 3.8) is 0 Å². The molecule has 0 saturated heterocycles. The lowest BCUT2D eigenvalue weighted by Crippen LogP contribution is -2.37. The average molecular weight is 305 g/mol. The second kappa shape index (κ2) is 6.65. The van der Waals surface area contributed by atoms with Crippen LogP contribution < -0.4 is 5.32 Å². The van der Waals surface area contributed by atoms with Crippen molar-refractivity contribution in [3.8, 4) is 0 Å². The Bertz CT molecular complexity index is 635. The summed E-state index contributed by atoms with van der Waals surface area (Å²) in [6.07, 6.45) is 2.84. The van der Waals surface area contributed by atoms with Crippen molar-refractivity contribution in [2.24, 2.45) is 0 Å². The van der Waals surface area contributed by atoms with Crippen molar-refractivity contribution in [2.75, 3.05) is 6.54 Å². The molecule has 3 nitrogen and oxygen atoms in total. The first-order valence-electron chi connectivity index (χ1n) is 6.45. The molecule has 0 radical (unpaired) electrons. The minimum atomic E-state index is -1.10. The third-order valence-corrected chi connectivity index (χ3v) is 4.06. The number of halogens is 1. The van der Waals surface area contributed by atoms with Crippen LogP contribution in [0, 0.1) is 5.82 Å². The van der Waals surface area contributed by atoms with Gasteiger partial charge in [0, 0.05) is 11.0 Å². The number of benzene rings is 1. The fraction of sp³-hybridized carbons (Fsp3) is 0.188. The topological polar surface area (TPSA) is 49.3 Å². The van der Waals surface area contributed by atoms with E-state index in [9.17, 15) is 14.3 Å². The number of aliphatic hydroxyl groups is 1. The van der Waals surface area contributed by atoms with E-state index >= 15 is 0 Å². The van der Waals surface area contributed by atoms with E-state index in [1.165, 1.54) is 35.6 Å². The number of nitrogens with one attached hydrogen (secondary N) is 1. The molecule has 1 aromatic carbocycles. The molecular formula is C16H16FNO2S. The predicted octanol–water partition coefficient (Wildman–Crippen LogP) is 2.92. The van der Waals surface area contributed by atoms with Crippen LogP contribution in [0.5, 0.6) is 0 Å². The van der Waals surface area contributed by atoms with Gasteiger partial charge in [-0.25, -0.2) is 4.39 Å². The smallest absolute Gasteiger partial charge is 0.244 e. The molecule has 2 aromatic rings. The van der Waals surface area contributed by atoms with E-state index in [0.717, 1.165) is 4.88 Å². The summed E-state index contributed by atoms with van der Waals surface area (Å²) < 4.78 is 13.0. The fourth-order valence-corrected chi connectivity index (χ4v) is 2.56. The van der Waals surface area contributed by atoms with Crippen molar-refractivity contribution in [3.05, 3.63) is 64.1 Å². The van der Waals surface area contributed by atoms with E-state index in [1.54, 1.807) is 19.1 Å². The normalized spacial score (nSPS) is 14.0. The average Bonchev–Trinajstić information content (AvgIpc) is 2.98. The van der Waals surface area contributed by atoms with Gasteiger partial charge in [-0.15, -0.1) is 11.3 Å². The van der Waals surface area contributed by atoms with Crippen molar-refractivity contribution >= 4 is 23.3 Å². The molecule has 5 heteroatoms. The van der Waals surface area contributed by atoms with Gasteiger partial charge in [-0.3, -0.25) is 4.79 Å². The molecule has 21 heavy (non-hydrogen) atoms. The number of thiophene rings is 1. The van der Waals surface area contributed by atoms with Crippen LogP contribution in [0.4, 0.5) is 4.39 Å². The van der Waals surface area contributed by atoms with Gasteiger partial charge in [0.1, 0.15) is 11.4 Å². The van der Waals surface area contributed by atoms with Crippen molar-refractivity contribution in [2.45, 2.75) is 12.5 Å². The summed E-state index contributed by atoms with van der Waals surface area (Å²) in [7, 11) is 0. The van der Waals surface area contributed by atoms with Gasteiger partial charge in [-0.05, 0) is 42.1 Å². The Labute approximate surface area is 126 Å². The Balaban J connectivity index is 1.90. The highest BCUT2D eigenvalue weighted by molar-refractivity contribution is 7.10. The molecule has 0 aliphatic rings. The molecule has 110 valence electrons. The molecule has 1 unspecified atom stereocenters. The van der Waals surface area contributed by atoms with Crippen LogP contribution in [0.15, 0.2) is 47.9 Å². The Morgan fingerprint density at radius 3 is 2.90 bits per heavy atom. The van der Waals surface area contributed by atoms with Crippen LogP contribution in [-0.4, -0.2) is 17.6 Å². The summed E-state index contributed by atoms with van der Waals surface area (Å²) in [6.45, 7) is 1.76. The molecule has 1 heterocycles. The van der Waals surface area contributed by atoms with E-state index in [2.05, 4.69) is 5.32 Å². The zero-order valence-corrected chi connectivity index (χ0v) is 12.4. The molecule has 0 aliphatic carbocycles. The van der Waals surface area contributed by atoms with E-state index in [4.69, 9.17) is 0 Å². The van der Waals surface area contributed by atoms with Crippen LogP contribution in [0.25, 0.3) is 6.08 Å². The Morgan fingerprint density at radius 1 is 1.43 bits per heavy atom. The van der Waals surface area contributed by atoms with Crippen molar-refractivity contribution < 1.29 is 14.3 Å². The van der Waals surface area contributed by atoms with Gasteiger partial charge in [0.2, 0.25) is 5.91 Å². The maximum atomic E-state index is 13.0. The van der Waals surface area contributed by atoms with Crippen molar-refractivity contribution in [1.29, 1.82) is 0 Å². The Hall–Kier alpha value is -1.98. The Kier molecular flexibility index (Phi) is 4.88. The van der Waals surface area contributed by atoms with Crippen LogP contribution in [-0.2, 0) is 10.4 Å². The summed E-state index contributed by atoms with van der Waals surface area (Å²) in [5, 5.41) is 14.8. The first-order valence-corrected chi connectivity index (χ1v) is 7.33. The second-order valence-corrected chi connectivity index (χ2v) is 5.80. The molecule has 0 aliphatic heterocycles. The van der Waals surface area contributed by atoms with Gasteiger partial charge >= 0.3 is 0 Å². The number of amides is 1. The van der Waals surface area contributed by atoms with Crippen LogP contribution in [0.3, 0.4) is 0 Å². The highest BCUT2D eigenvalue weighted by Crippen LogP contribution is 2.24. The summed E-state index contributed by atoms with van der Waals surface area (Å²) in [4.78, 5) is 12.5. The first kappa shape index (κ1) is 15.4. The quantitative estimate of drug-likeness (QED) is 0.835. The predicted molar refractivity (Wildman–Crippen MR) is 82.3 cm³/mol. The largest absolute Gasteiger partial charge is 0.383 e. The summed E-state index contributed by atoms with van der Waals surface area (Å²) in [6, 6.07) is 9.63. The van der Waals surface area contributed by atoms with E-state index < -0.39 is 5.60 Å². The molecule has 0 bridgehead atoms. The lowest BCUT2D eigenvalue weighted by molar-refractivity contribution is -0.117. The molecular weight excluding hydrogens is 289 g/mol. The van der Waals surface area contributed by atoms with E-state index in [1.807, 2.05) is 17.5 Å². The van der Waals surface area contributed by atoms with E-state index in [-0.39, 0.29) is 18.3 Å². The second-order valence-electron chi connectivity index (χ2n) is 4.86. The summed E-state index contributed by atoms with van der Waals surface area (Å²) in [5.41, 5.74) is -0.494. The highest BCUT2D eigenvalue weighted by atomic mass is 32.1. The zero-order chi connectivity index (χ0) is 15.3. The zero-order valence-electron chi connectivity index (χ0n) is 11.5. The van der Waals surface area contributed by atoms with Gasteiger partial charge < -0.3 is 10.4 Å². The molecule has 0 fully saturated rings. The number of hydrogen-bond donors (Lipinski definition) is 2. The molecule has 1 atom stereocenters. The third-order valence-electron chi connectivity index (χ3n) is 2.93. The Morgan fingerprint density at radius 2 is 2.24 bits per heavy atom. The molecule has 0 spiro atoms. The molecule has 1 aromatic heterocycles. The monoisotopic (exact) mass is 305 g/mol. The van der Waals surface area contributed by atoms with Gasteiger partial charge in [-0.2, -0.15) is 0 Å². The molecule has 2 rings (SSSR count). The highest BCUT2D eigenvalue weighted by Gasteiger charge is 2.24. The first-order chi connectivity index (χ1) is 9.97. The molecule has 1 amide bonds. The van der Waals surface area contributed by atoms with Gasteiger partial charge in [-0.1, -0.05) is 18.2 Å². The maximum absolute atomic E-state index is 13.0. The standard InChI is InChI=1S/C16H16FNO2S/c1-16(20,14-6-3-9-21-14)11-18-15(19)8-7-12-4-2-5-13(17)10-12/h2-10,20H,11H2,1H3,(H,18,19). The lowest BCUT2D eigenvalue weighted by atomic mass is 10.1. The maximum Gasteiger partial charge on any atom is 0.244 e. The molecule has 0 saturated carbocycles. The van der Waals surface area contributed by atoms with E-state index in [0.29, 0.717) is 5.56 Å². The number of carbonyl (C=O) groups is 1. The minimum Gasteiger partial charge on any atom is -0.383 e. The van der Waals surface area contributed by atoms with Gasteiger partial charge in [0.05, 0.1) is 6.54 Å². The molecule has 2 N–H and O–H groups in total. The summed E-state index contributed by atoms with van der Waals surface area (Å²) in [5.74, 6) is -0.686. The van der Waals surface area contributed by atoms with Gasteiger partial charge in [0.25, 0.3) is 0 Å². The third kappa shape index (κ3) is 4.51. The fourth-order valence-electron chi connectivity index (χ4n) is 1.77. The van der Waals surface area contributed by atoms with Gasteiger partial charge in [0.15, 0.2) is 0 Å². The van der Waals surface area contributed by atoms with Crippen LogP contribution in [0.1, 0.15) is 17.4 Å². The minimum absolute atomic E-state index is 0.111. The number of rotatable bonds is 5. The lowest BCUT2D eigenvalue weighted by Gasteiger charge is -2.21.